The van der Waals surface area contributed by atoms with Gasteiger partial charge in [0.05, 0.1) is 19.8 Å². The second-order valence-corrected chi connectivity index (χ2v) is 3.64. The molecule has 0 radical (unpaired) electrons. The molecule has 0 aromatic carbocycles. The quantitative estimate of drug-likeness (QED) is 0.690. The van der Waals surface area contributed by atoms with Crippen molar-refractivity contribution >= 4 is 0 Å². The Kier molecular flexibility index (Phi) is 6.54. The van der Waals surface area contributed by atoms with E-state index in [1.165, 1.54) is 0 Å². The molecule has 1 heterocycles. The molecule has 5 heteroatoms. The van der Waals surface area contributed by atoms with Gasteiger partial charge in [0.25, 0.3) is 0 Å². The molecule has 0 aliphatic rings. The van der Waals surface area contributed by atoms with Gasteiger partial charge in [0.2, 0.25) is 5.88 Å². The predicted molar refractivity (Wildman–Crippen MR) is 65.0 cm³/mol. The summed E-state index contributed by atoms with van der Waals surface area (Å²) < 4.78 is 15.7. The van der Waals surface area contributed by atoms with E-state index in [2.05, 4.69) is 4.98 Å². The van der Waals surface area contributed by atoms with E-state index in [1.807, 2.05) is 19.1 Å². The Hall–Kier alpha value is -1.17. The zero-order chi connectivity index (χ0) is 12.5. The first-order valence-corrected chi connectivity index (χ1v) is 5.65. The summed E-state index contributed by atoms with van der Waals surface area (Å²) in [6.07, 6.45) is 1.69. The predicted octanol–water partition coefficient (Wildman–Crippen LogP) is 1.14. The number of hydrogen-bond donors (Lipinski definition) is 1. The maximum atomic E-state index is 5.82. The van der Waals surface area contributed by atoms with Gasteiger partial charge in [-0.1, -0.05) is 6.07 Å². The second kappa shape index (κ2) is 8.00. The zero-order valence-electron chi connectivity index (χ0n) is 10.4. The molecule has 0 unspecified atom stereocenters. The Bertz CT molecular complexity index is 318. The lowest BCUT2D eigenvalue weighted by Crippen LogP contribution is -2.13. The monoisotopic (exact) mass is 240 g/mol. The van der Waals surface area contributed by atoms with E-state index < -0.39 is 0 Å². The van der Waals surface area contributed by atoms with E-state index in [4.69, 9.17) is 19.9 Å². The average molecular weight is 240 g/mol. The molecule has 96 valence electrons. The van der Waals surface area contributed by atoms with E-state index in [-0.39, 0.29) is 6.04 Å². The van der Waals surface area contributed by atoms with Gasteiger partial charge in [0, 0.05) is 24.9 Å². The third-order valence-corrected chi connectivity index (χ3v) is 2.19. The van der Waals surface area contributed by atoms with E-state index >= 15 is 0 Å². The third-order valence-electron chi connectivity index (χ3n) is 2.19. The fourth-order valence-electron chi connectivity index (χ4n) is 1.31. The summed E-state index contributed by atoms with van der Waals surface area (Å²) in [6.45, 7) is 4.04. The molecule has 0 fully saturated rings. The van der Waals surface area contributed by atoms with Crippen LogP contribution in [0.5, 0.6) is 5.88 Å². The highest BCUT2D eigenvalue weighted by atomic mass is 16.5. The van der Waals surface area contributed by atoms with E-state index in [9.17, 15) is 0 Å². The van der Waals surface area contributed by atoms with Crippen LogP contribution < -0.4 is 10.5 Å². The molecule has 0 spiro atoms. The Balaban J connectivity index is 2.31. The minimum Gasteiger partial charge on any atom is -0.475 e. The summed E-state index contributed by atoms with van der Waals surface area (Å²) in [5.74, 6) is 0.581. The van der Waals surface area contributed by atoms with Crippen LogP contribution in [0.2, 0.25) is 0 Å². The molecule has 0 saturated carbocycles. The van der Waals surface area contributed by atoms with Crippen LogP contribution in [-0.4, -0.2) is 38.5 Å². The number of rotatable bonds is 8. The molecular formula is C12H20N2O3. The minimum atomic E-state index is -0.0897. The van der Waals surface area contributed by atoms with Crippen molar-refractivity contribution in [2.24, 2.45) is 5.73 Å². The number of nitrogens with two attached hydrogens (primary N) is 1. The van der Waals surface area contributed by atoms with Gasteiger partial charge in [-0.15, -0.1) is 0 Å². The van der Waals surface area contributed by atoms with Crippen molar-refractivity contribution in [3.8, 4) is 5.88 Å². The van der Waals surface area contributed by atoms with Crippen LogP contribution in [0, 0.1) is 0 Å². The molecule has 17 heavy (non-hydrogen) atoms. The van der Waals surface area contributed by atoms with Crippen molar-refractivity contribution in [2.45, 2.75) is 13.0 Å². The Morgan fingerprint density at radius 2 is 2.06 bits per heavy atom. The van der Waals surface area contributed by atoms with Crippen LogP contribution >= 0.6 is 0 Å². The second-order valence-electron chi connectivity index (χ2n) is 3.64. The minimum absolute atomic E-state index is 0.0897. The van der Waals surface area contributed by atoms with Crippen molar-refractivity contribution in [2.75, 3.05) is 33.5 Å². The first-order chi connectivity index (χ1) is 8.25. The normalized spacial score (nSPS) is 12.4. The largest absolute Gasteiger partial charge is 0.475 e. The first kappa shape index (κ1) is 13.9. The molecular weight excluding hydrogens is 220 g/mol. The highest BCUT2D eigenvalue weighted by Crippen LogP contribution is 2.19. The maximum absolute atomic E-state index is 5.82. The van der Waals surface area contributed by atoms with E-state index in [0.29, 0.717) is 32.3 Å². The molecule has 1 atom stereocenters. The number of methoxy groups -OCH3 is 1. The summed E-state index contributed by atoms with van der Waals surface area (Å²) in [5, 5.41) is 0. The van der Waals surface area contributed by atoms with Gasteiger partial charge in [0.1, 0.15) is 6.61 Å². The molecule has 1 aromatic heterocycles. The van der Waals surface area contributed by atoms with Crippen LogP contribution in [0.1, 0.15) is 18.5 Å². The fourth-order valence-corrected chi connectivity index (χ4v) is 1.31. The number of ether oxygens (including phenoxy) is 3. The lowest BCUT2D eigenvalue weighted by molar-refractivity contribution is 0.0534. The molecule has 0 saturated heterocycles. The smallest absolute Gasteiger partial charge is 0.218 e. The lowest BCUT2D eigenvalue weighted by Gasteiger charge is -2.12. The van der Waals surface area contributed by atoms with Gasteiger partial charge in [0.15, 0.2) is 0 Å². The maximum Gasteiger partial charge on any atom is 0.218 e. The number of hydrogen-bond acceptors (Lipinski definition) is 5. The van der Waals surface area contributed by atoms with E-state index in [1.54, 1.807) is 13.3 Å². The first-order valence-electron chi connectivity index (χ1n) is 5.65. The third kappa shape index (κ3) is 5.12. The number of aromatic nitrogens is 1. The van der Waals surface area contributed by atoms with Gasteiger partial charge in [-0.25, -0.2) is 4.98 Å². The molecule has 1 aromatic rings. The molecule has 5 nitrogen and oxygen atoms in total. The molecule has 2 N–H and O–H groups in total. The average Bonchev–Trinajstić information content (AvgIpc) is 2.34. The van der Waals surface area contributed by atoms with E-state index in [0.717, 1.165) is 5.56 Å². The van der Waals surface area contributed by atoms with Crippen LogP contribution in [0.15, 0.2) is 18.3 Å². The molecule has 1 rings (SSSR count). The molecule has 0 aliphatic heterocycles. The number of nitrogens with zero attached hydrogens (tertiary/aromatic N) is 1. The van der Waals surface area contributed by atoms with Crippen LogP contribution in [0.25, 0.3) is 0 Å². The molecule has 0 bridgehead atoms. The standard InChI is InChI=1S/C12H20N2O3/c1-10(13)11-4-3-5-14-12(11)17-9-8-16-7-6-15-2/h3-5,10H,6-9,13H2,1-2H3/t10-/m0/s1. The Labute approximate surface area is 102 Å². The van der Waals surface area contributed by atoms with Gasteiger partial charge in [-0.2, -0.15) is 0 Å². The summed E-state index contributed by atoms with van der Waals surface area (Å²) in [5.41, 5.74) is 6.72. The van der Waals surface area contributed by atoms with Crippen LogP contribution in [-0.2, 0) is 9.47 Å². The van der Waals surface area contributed by atoms with Gasteiger partial charge < -0.3 is 19.9 Å². The fraction of sp³-hybridized carbons (Fsp3) is 0.583. The summed E-state index contributed by atoms with van der Waals surface area (Å²) in [6, 6.07) is 3.67. The Morgan fingerprint density at radius 1 is 1.29 bits per heavy atom. The number of pyridine rings is 1. The molecule has 0 aliphatic carbocycles. The summed E-state index contributed by atoms with van der Waals surface area (Å²) in [7, 11) is 1.64. The van der Waals surface area contributed by atoms with Crippen LogP contribution in [0.3, 0.4) is 0 Å². The topological polar surface area (TPSA) is 66.6 Å². The highest BCUT2D eigenvalue weighted by Gasteiger charge is 2.08. The summed E-state index contributed by atoms with van der Waals surface area (Å²) in [4.78, 5) is 4.15. The molecule has 0 amide bonds. The van der Waals surface area contributed by atoms with Gasteiger partial charge in [-0.05, 0) is 13.0 Å². The summed E-state index contributed by atoms with van der Waals surface area (Å²) >= 11 is 0. The van der Waals surface area contributed by atoms with Crippen molar-refractivity contribution in [1.82, 2.24) is 4.98 Å². The van der Waals surface area contributed by atoms with Crippen molar-refractivity contribution in [3.63, 3.8) is 0 Å². The van der Waals surface area contributed by atoms with Crippen LogP contribution in [0.4, 0.5) is 0 Å². The van der Waals surface area contributed by atoms with Crippen molar-refractivity contribution < 1.29 is 14.2 Å². The van der Waals surface area contributed by atoms with Crippen molar-refractivity contribution in [1.29, 1.82) is 0 Å². The Morgan fingerprint density at radius 3 is 2.76 bits per heavy atom. The van der Waals surface area contributed by atoms with Crippen molar-refractivity contribution in [3.05, 3.63) is 23.9 Å². The van der Waals surface area contributed by atoms with Gasteiger partial charge in [-0.3, -0.25) is 0 Å². The van der Waals surface area contributed by atoms with Gasteiger partial charge >= 0.3 is 0 Å². The zero-order valence-corrected chi connectivity index (χ0v) is 10.4. The highest BCUT2D eigenvalue weighted by molar-refractivity contribution is 5.27. The SMILES string of the molecule is COCCOCCOc1ncccc1[C@H](C)N. The lowest BCUT2D eigenvalue weighted by atomic mass is 10.1.